The van der Waals surface area contributed by atoms with Crippen molar-refractivity contribution in [3.8, 4) is 0 Å². The van der Waals surface area contributed by atoms with E-state index in [4.69, 9.17) is 0 Å². The zero-order valence-corrected chi connectivity index (χ0v) is 21.4. The molecule has 0 spiro atoms. The summed E-state index contributed by atoms with van der Waals surface area (Å²) in [5.74, 6) is -5.71. The monoisotopic (exact) mass is 552 g/mol. The van der Waals surface area contributed by atoms with E-state index in [0.717, 1.165) is 34.0 Å². The summed E-state index contributed by atoms with van der Waals surface area (Å²) in [7, 11) is 3.17. The number of aryl methyl sites for hydroxylation is 1. The summed E-state index contributed by atoms with van der Waals surface area (Å²) in [4.78, 5) is 18.3. The van der Waals surface area contributed by atoms with Gasteiger partial charge in [-0.05, 0) is 49.4 Å². The zero-order valence-electron chi connectivity index (χ0n) is 21.4. The topological polar surface area (TPSA) is 57.5 Å². The number of carbonyl (C=O) groups excluding carboxylic acids is 1. The van der Waals surface area contributed by atoms with Crippen molar-refractivity contribution in [2.45, 2.75) is 31.2 Å². The Labute approximate surface area is 220 Å². The molecule has 2 aliphatic heterocycles. The molecule has 0 bridgehead atoms. The standard InChI is InChI=1S/C26H26F6N6O/c1-24(27,25(28,29)23-34-33-15-36(23)3)16-5-4-6-17(11-16)38-14-20-19(22(38)39)12-18(13-21(20)26(30,31)32)37-9-7-35(2)8-10-37/h4-6,11-13,15H,7-10,14H2,1-3H3/t24-/m1/s1. The third-order valence-electron chi connectivity index (χ3n) is 7.48. The lowest BCUT2D eigenvalue weighted by molar-refractivity contribution is -0.149. The van der Waals surface area contributed by atoms with Gasteiger partial charge in [-0.25, -0.2) is 4.39 Å². The molecule has 3 heterocycles. The molecule has 1 aromatic heterocycles. The van der Waals surface area contributed by atoms with Gasteiger partial charge in [-0.1, -0.05) is 12.1 Å². The molecule has 0 aliphatic carbocycles. The molecule has 208 valence electrons. The van der Waals surface area contributed by atoms with Crippen molar-refractivity contribution < 1.29 is 31.1 Å². The van der Waals surface area contributed by atoms with Crippen LogP contribution >= 0.6 is 0 Å². The largest absolute Gasteiger partial charge is 0.416 e. The van der Waals surface area contributed by atoms with Crippen molar-refractivity contribution in [1.29, 1.82) is 0 Å². The first-order valence-electron chi connectivity index (χ1n) is 12.2. The van der Waals surface area contributed by atoms with Crippen LogP contribution in [0.25, 0.3) is 0 Å². The number of benzene rings is 2. The van der Waals surface area contributed by atoms with Crippen molar-refractivity contribution in [2.24, 2.45) is 7.05 Å². The van der Waals surface area contributed by atoms with Crippen LogP contribution in [0, 0.1) is 0 Å². The van der Waals surface area contributed by atoms with Crippen LogP contribution in [0.3, 0.4) is 0 Å². The van der Waals surface area contributed by atoms with Gasteiger partial charge in [-0.15, -0.1) is 10.2 Å². The minimum absolute atomic E-state index is 0.000567. The van der Waals surface area contributed by atoms with Crippen molar-refractivity contribution in [3.05, 3.63) is 70.8 Å². The van der Waals surface area contributed by atoms with E-state index in [1.54, 1.807) is 4.90 Å². The van der Waals surface area contributed by atoms with Crippen molar-refractivity contribution in [3.63, 3.8) is 0 Å². The summed E-state index contributed by atoms with van der Waals surface area (Å²) >= 11 is 0. The molecule has 2 aliphatic rings. The lowest BCUT2D eigenvalue weighted by Gasteiger charge is -2.34. The second-order valence-corrected chi connectivity index (χ2v) is 10.1. The van der Waals surface area contributed by atoms with Gasteiger partial charge in [-0.2, -0.15) is 22.0 Å². The maximum absolute atomic E-state index is 15.8. The summed E-state index contributed by atoms with van der Waals surface area (Å²) < 4.78 is 89.5. The smallest absolute Gasteiger partial charge is 0.369 e. The average Bonchev–Trinajstić information content (AvgIpc) is 3.46. The number of anilines is 2. The molecule has 39 heavy (non-hydrogen) atoms. The Kier molecular flexibility index (Phi) is 6.40. The van der Waals surface area contributed by atoms with Crippen LogP contribution in [-0.4, -0.2) is 58.8 Å². The van der Waals surface area contributed by atoms with E-state index in [0.29, 0.717) is 33.1 Å². The van der Waals surface area contributed by atoms with E-state index < -0.39 is 47.2 Å². The van der Waals surface area contributed by atoms with Crippen molar-refractivity contribution in [1.82, 2.24) is 19.7 Å². The lowest BCUT2D eigenvalue weighted by atomic mass is 9.90. The Morgan fingerprint density at radius 3 is 2.21 bits per heavy atom. The normalized spacial score (nSPS) is 18.4. The quantitative estimate of drug-likeness (QED) is 0.429. The van der Waals surface area contributed by atoms with Crippen LogP contribution in [0.15, 0.2) is 42.7 Å². The Bertz CT molecular complexity index is 1410. The summed E-state index contributed by atoms with van der Waals surface area (Å²) in [6, 6.07) is 7.35. The number of hydrogen-bond donors (Lipinski definition) is 0. The molecule has 1 fully saturated rings. The summed E-state index contributed by atoms with van der Waals surface area (Å²) in [6.45, 7) is 2.57. The van der Waals surface area contributed by atoms with Gasteiger partial charge >= 0.3 is 12.1 Å². The third-order valence-corrected chi connectivity index (χ3v) is 7.48. The van der Waals surface area contributed by atoms with Gasteiger partial charge in [0.15, 0.2) is 0 Å². The Morgan fingerprint density at radius 1 is 0.897 bits per heavy atom. The zero-order chi connectivity index (χ0) is 28.3. The van der Waals surface area contributed by atoms with E-state index in [9.17, 15) is 18.0 Å². The minimum Gasteiger partial charge on any atom is -0.369 e. The molecule has 0 unspecified atom stereocenters. The van der Waals surface area contributed by atoms with E-state index in [1.807, 2.05) is 7.05 Å². The van der Waals surface area contributed by atoms with Crippen molar-refractivity contribution >= 4 is 17.3 Å². The third kappa shape index (κ3) is 4.52. The molecule has 2 aromatic carbocycles. The van der Waals surface area contributed by atoms with Gasteiger partial charge in [0.25, 0.3) is 5.91 Å². The van der Waals surface area contributed by atoms with Gasteiger partial charge in [0, 0.05) is 50.2 Å². The molecular formula is C26H26F6N6O. The van der Waals surface area contributed by atoms with Gasteiger partial charge in [0.2, 0.25) is 11.5 Å². The highest BCUT2D eigenvalue weighted by molar-refractivity contribution is 6.11. The first-order chi connectivity index (χ1) is 18.2. The highest BCUT2D eigenvalue weighted by Gasteiger charge is 2.57. The van der Waals surface area contributed by atoms with Gasteiger partial charge in [-0.3, -0.25) is 4.79 Å². The number of halogens is 6. The van der Waals surface area contributed by atoms with Crippen LogP contribution < -0.4 is 9.80 Å². The number of piperazine rings is 1. The van der Waals surface area contributed by atoms with E-state index in [-0.39, 0.29) is 22.5 Å². The second-order valence-electron chi connectivity index (χ2n) is 10.1. The minimum atomic E-state index is -4.72. The fourth-order valence-corrected chi connectivity index (χ4v) is 5.03. The number of alkyl halides is 6. The molecule has 0 radical (unpaired) electrons. The average molecular weight is 553 g/mol. The van der Waals surface area contributed by atoms with Gasteiger partial charge in [0.05, 0.1) is 12.1 Å². The number of amides is 1. The first-order valence-corrected chi connectivity index (χ1v) is 12.2. The van der Waals surface area contributed by atoms with Crippen molar-refractivity contribution in [2.75, 3.05) is 43.0 Å². The molecule has 0 N–H and O–H groups in total. The fraction of sp³-hybridized carbons (Fsp3) is 0.423. The maximum Gasteiger partial charge on any atom is 0.416 e. The summed E-state index contributed by atoms with van der Waals surface area (Å²) in [6.07, 6.45) is -3.70. The number of carbonyl (C=O) groups is 1. The molecule has 1 amide bonds. The van der Waals surface area contributed by atoms with E-state index in [1.165, 1.54) is 25.2 Å². The van der Waals surface area contributed by atoms with Gasteiger partial charge in [0.1, 0.15) is 6.33 Å². The summed E-state index contributed by atoms with van der Waals surface area (Å²) in [5.41, 5.74) is -4.69. The Hall–Kier alpha value is -3.61. The molecule has 7 nitrogen and oxygen atoms in total. The Balaban J connectivity index is 1.51. The number of aromatic nitrogens is 3. The second kappa shape index (κ2) is 9.25. The fourth-order valence-electron chi connectivity index (χ4n) is 5.03. The first kappa shape index (κ1) is 27.0. The van der Waals surface area contributed by atoms with Gasteiger partial charge < -0.3 is 19.3 Å². The predicted octanol–water partition coefficient (Wildman–Crippen LogP) is 4.72. The SMILES string of the molecule is CN1CCN(c2cc3c(c(C(F)(F)F)c2)CN(c2cccc([C@@](C)(F)C(F)(F)c4nncn4C)c2)C3=O)CC1. The molecule has 5 rings (SSSR count). The van der Waals surface area contributed by atoms with Crippen LogP contribution in [0.5, 0.6) is 0 Å². The summed E-state index contributed by atoms with van der Waals surface area (Å²) in [5, 5.41) is 6.74. The molecule has 3 aromatic rings. The lowest BCUT2D eigenvalue weighted by Crippen LogP contribution is -2.44. The Morgan fingerprint density at radius 2 is 1.59 bits per heavy atom. The highest BCUT2D eigenvalue weighted by atomic mass is 19.4. The van der Waals surface area contributed by atoms with Crippen LogP contribution in [0.1, 0.15) is 39.8 Å². The molecule has 0 saturated carbocycles. The highest BCUT2D eigenvalue weighted by Crippen LogP contribution is 2.48. The molecule has 1 atom stereocenters. The number of hydrogen-bond acceptors (Lipinski definition) is 5. The number of fused-ring (bicyclic) bond motifs is 1. The van der Waals surface area contributed by atoms with Crippen LogP contribution in [0.4, 0.5) is 37.7 Å². The molecular weight excluding hydrogens is 526 g/mol. The van der Waals surface area contributed by atoms with E-state index in [2.05, 4.69) is 15.1 Å². The number of likely N-dealkylation sites (N-methyl/N-ethyl adjacent to an activating group) is 1. The van der Waals surface area contributed by atoms with E-state index >= 15 is 13.2 Å². The molecule has 13 heteroatoms. The van der Waals surface area contributed by atoms with Crippen LogP contribution in [-0.2, 0) is 31.4 Å². The predicted molar refractivity (Wildman–Crippen MR) is 131 cm³/mol. The number of nitrogens with zero attached hydrogens (tertiary/aromatic N) is 6. The molecule has 1 saturated heterocycles. The van der Waals surface area contributed by atoms with Crippen LogP contribution in [0.2, 0.25) is 0 Å². The number of rotatable bonds is 5. The maximum atomic E-state index is 15.8.